The lowest BCUT2D eigenvalue weighted by molar-refractivity contribution is -0.144. The molecule has 3 nitrogen and oxygen atoms in total. The molecule has 4 saturated carbocycles. The molecule has 0 aromatic heterocycles. The van der Waals surface area contributed by atoms with Crippen LogP contribution in [-0.4, -0.2) is 25.7 Å². The summed E-state index contributed by atoms with van der Waals surface area (Å²) < 4.78 is 4.81. The molecular formula is C17H29NO2. The van der Waals surface area contributed by atoms with Gasteiger partial charge in [-0.25, -0.2) is 0 Å². The SMILES string of the molecule is COC(=O)C(C)CNC(C)C12CC3CC(CC(C3)C1)C2. The van der Waals surface area contributed by atoms with Crippen molar-refractivity contribution in [2.24, 2.45) is 29.1 Å². The Bertz CT molecular complexity index is 344. The number of rotatable bonds is 5. The molecule has 0 aromatic carbocycles. The minimum atomic E-state index is -0.102. The van der Waals surface area contributed by atoms with Crippen molar-refractivity contribution in [1.82, 2.24) is 5.32 Å². The summed E-state index contributed by atoms with van der Waals surface area (Å²) in [6.07, 6.45) is 8.72. The first-order valence-electron chi connectivity index (χ1n) is 8.33. The molecular weight excluding hydrogens is 250 g/mol. The Morgan fingerprint density at radius 1 is 1.15 bits per heavy atom. The summed E-state index contributed by atoms with van der Waals surface area (Å²) in [5.74, 6) is 2.82. The number of hydrogen-bond donors (Lipinski definition) is 1. The number of ether oxygens (including phenoxy) is 1. The third-order valence-electron chi connectivity index (χ3n) is 6.34. The molecule has 20 heavy (non-hydrogen) atoms. The third kappa shape index (κ3) is 2.49. The van der Waals surface area contributed by atoms with Gasteiger partial charge in [-0.15, -0.1) is 0 Å². The molecule has 4 aliphatic rings. The molecule has 3 heteroatoms. The Kier molecular flexibility index (Phi) is 3.83. The van der Waals surface area contributed by atoms with E-state index in [0.717, 1.165) is 24.3 Å². The van der Waals surface area contributed by atoms with Crippen molar-refractivity contribution < 1.29 is 9.53 Å². The van der Waals surface area contributed by atoms with Gasteiger partial charge in [0.15, 0.2) is 0 Å². The monoisotopic (exact) mass is 279 g/mol. The van der Waals surface area contributed by atoms with Crippen molar-refractivity contribution in [3.8, 4) is 0 Å². The van der Waals surface area contributed by atoms with Crippen molar-refractivity contribution in [2.45, 2.75) is 58.4 Å². The molecule has 0 heterocycles. The predicted molar refractivity (Wildman–Crippen MR) is 79.2 cm³/mol. The predicted octanol–water partition coefficient (Wildman–Crippen LogP) is 2.99. The number of nitrogens with one attached hydrogen (secondary N) is 1. The van der Waals surface area contributed by atoms with E-state index in [4.69, 9.17) is 4.74 Å². The largest absolute Gasteiger partial charge is 0.469 e. The molecule has 0 aliphatic heterocycles. The van der Waals surface area contributed by atoms with E-state index in [1.165, 1.54) is 45.6 Å². The molecule has 0 radical (unpaired) electrons. The standard InChI is InChI=1S/C17H29NO2/c1-11(16(19)20-3)10-18-12(2)17-7-13-4-14(8-17)6-15(5-13)9-17/h11-15,18H,4-10H2,1-3H3. The zero-order valence-electron chi connectivity index (χ0n) is 13.2. The van der Waals surface area contributed by atoms with E-state index in [1.54, 1.807) is 0 Å². The molecule has 2 atom stereocenters. The Morgan fingerprint density at radius 3 is 2.10 bits per heavy atom. The van der Waals surface area contributed by atoms with Crippen molar-refractivity contribution in [2.75, 3.05) is 13.7 Å². The van der Waals surface area contributed by atoms with Gasteiger partial charge < -0.3 is 10.1 Å². The molecule has 0 spiro atoms. The van der Waals surface area contributed by atoms with Gasteiger partial charge in [0.1, 0.15) is 0 Å². The lowest BCUT2D eigenvalue weighted by Crippen LogP contribution is -2.55. The number of esters is 1. The van der Waals surface area contributed by atoms with E-state index in [1.807, 2.05) is 6.92 Å². The van der Waals surface area contributed by atoms with Gasteiger partial charge in [-0.3, -0.25) is 4.79 Å². The molecule has 0 saturated heterocycles. The van der Waals surface area contributed by atoms with Gasteiger partial charge in [-0.1, -0.05) is 6.92 Å². The zero-order chi connectivity index (χ0) is 14.3. The Labute approximate surface area is 122 Å². The third-order valence-corrected chi connectivity index (χ3v) is 6.34. The van der Waals surface area contributed by atoms with Gasteiger partial charge >= 0.3 is 5.97 Å². The number of carbonyl (C=O) groups is 1. The van der Waals surface area contributed by atoms with E-state index in [9.17, 15) is 4.79 Å². The van der Waals surface area contributed by atoms with Crippen LogP contribution in [0.2, 0.25) is 0 Å². The summed E-state index contributed by atoms with van der Waals surface area (Å²) in [6, 6.07) is 0.531. The van der Waals surface area contributed by atoms with Crippen molar-refractivity contribution in [3.05, 3.63) is 0 Å². The summed E-state index contributed by atoms with van der Waals surface area (Å²) in [7, 11) is 1.47. The van der Waals surface area contributed by atoms with Crippen LogP contribution in [0.4, 0.5) is 0 Å². The fourth-order valence-corrected chi connectivity index (χ4v) is 5.56. The highest BCUT2D eigenvalue weighted by atomic mass is 16.5. The summed E-state index contributed by atoms with van der Waals surface area (Å²) in [4.78, 5) is 11.5. The maximum Gasteiger partial charge on any atom is 0.309 e. The quantitative estimate of drug-likeness (QED) is 0.786. The highest BCUT2D eigenvalue weighted by molar-refractivity contribution is 5.72. The van der Waals surface area contributed by atoms with Crippen LogP contribution in [-0.2, 0) is 9.53 Å². The number of hydrogen-bond acceptors (Lipinski definition) is 3. The number of carbonyl (C=O) groups excluding carboxylic acids is 1. The Balaban J connectivity index is 1.59. The van der Waals surface area contributed by atoms with Crippen molar-refractivity contribution >= 4 is 5.97 Å². The highest BCUT2D eigenvalue weighted by Crippen LogP contribution is 2.61. The second-order valence-corrected chi connectivity index (χ2v) is 7.83. The molecule has 1 N–H and O–H groups in total. The van der Waals surface area contributed by atoms with Crippen LogP contribution >= 0.6 is 0 Å². The molecule has 114 valence electrons. The molecule has 4 aliphatic carbocycles. The van der Waals surface area contributed by atoms with Crippen molar-refractivity contribution in [1.29, 1.82) is 0 Å². The second kappa shape index (κ2) is 5.32. The molecule has 0 amide bonds. The summed E-state index contributed by atoms with van der Waals surface area (Å²) in [5.41, 5.74) is 0.518. The van der Waals surface area contributed by atoms with Gasteiger partial charge in [0.2, 0.25) is 0 Å². The maximum atomic E-state index is 11.5. The fourth-order valence-electron chi connectivity index (χ4n) is 5.56. The zero-order valence-corrected chi connectivity index (χ0v) is 13.2. The van der Waals surface area contributed by atoms with Gasteiger partial charge in [-0.05, 0) is 68.6 Å². The summed E-state index contributed by atoms with van der Waals surface area (Å²) >= 11 is 0. The molecule has 4 fully saturated rings. The van der Waals surface area contributed by atoms with Crippen LogP contribution in [0.5, 0.6) is 0 Å². The smallest absolute Gasteiger partial charge is 0.309 e. The highest BCUT2D eigenvalue weighted by Gasteiger charge is 2.52. The molecule has 4 rings (SSSR count). The first-order chi connectivity index (χ1) is 9.52. The van der Waals surface area contributed by atoms with Crippen LogP contribution in [0.1, 0.15) is 52.4 Å². The van der Waals surface area contributed by atoms with Gasteiger partial charge in [0.25, 0.3) is 0 Å². The number of methoxy groups -OCH3 is 1. The molecule has 4 bridgehead atoms. The van der Waals surface area contributed by atoms with Crippen LogP contribution in [0.25, 0.3) is 0 Å². The van der Waals surface area contributed by atoms with Crippen LogP contribution in [0.15, 0.2) is 0 Å². The van der Waals surface area contributed by atoms with Crippen LogP contribution < -0.4 is 5.32 Å². The summed E-state index contributed by atoms with van der Waals surface area (Å²) in [6.45, 7) is 5.04. The van der Waals surface area contributed by atoms with E-state index >= 15 is 0 Å². The minimum Gasteiger partial charge on any atom is -0.469 e. The Morgan fingerprint density at radius 2 is 1.65 bits per heavy atom. The van der Waals surface area contributed by atoms with Gasteiger partial charge in [-0.2, -0.15) is 0 Å². The first kappa shape index (κ1) is 14.4. The van der Waals surface area contributed by atoms with Crippen molar-refractivity contribution in [3.63, 3.8) is 0 Å². The van der Waals surface area contributed by atoms with E-state index in [0.29, 0.717) is 11.5 Å². The normalized spacial score (nSPS) is 41.5. The van der Waals surface area contributed by atoms with E-state index in [2.05, 4.69) is 12.2 Å². The minimum absolute atomic E-state index is 0.0450. The van der Waals surface area contributed by atoms with E-state index < -0.39 is 0 Å². The molecule has 0 aromatic rings. The Hall–Kier alpha value is -0.570. The van der Waals surface area contributed by atoms with Crippen LogP contribution in [0.3, 0.4) is 0 Å². The second-order valence-electron chi connectivity index (χ2n) is 7.83. The van der Waals surface area contributed by atoms with Gasteiger partial charge in [0.05, 0.1) is 13.0 Å². The average molecular weight is 279 g/mol. The lowest BCUT2D eigenvalue weighted by Gasteiger charge is -2.59. The summed E-state index contributed by atoms with van der Waals surface area (Å²) in [5, 5.41) is 3.65. The first-order valence-corrected chi connectivity index (χ1v) is 8.33. The topological polar surface area (TPSA) is 38.3 Å². The fraction of sp³-hybridized carbons (Fsp3) is 0.941. The van der Waals surface area contributed by atoms with Crippen LogP contribution in [0, 0.1) is 29.1 Å². The maximum absolute atomic E-state index is 11.5. The molecule has 2 unspecified atom stereocenters. The average Bonchev–Trinajstić information content (AvgIpc) is 2.41. The van der Waals surface area contributed by atoms with E-state index in [-0.39, 0.29) is 11.9 Å². The lowest BCUT2D eigenvalue weighted by atomic mass is 9.48. The van der Waals surface area contributed by atoms with Gasteiger partial charge in [0, 0.05) is 12.6 Å².